The number of methoxy groups -OCH3 is 1. The first-order chi connectivity index (χ1) is 5.15. The molecule has 0 saturated heterocycles. The maximum atomic E-state index is 10.7. The number of esters is 1. The van der Waals surface area contributed by atoms with Crippen molar-refractivity contribution in [3.05, 3.63) is 24.0 Å². The van der Waals surface area contributed by atoms with Crippen molar-refractivity contribution in [3.63, 3.8) is 0 Å². The van der Waals surface area contributed by atoms with Crippen molar-refractivity contribution in [2.24, 2.45) is 0 Å². The van der Waals surface area contributed by atoms with Gasteiger partial charge in [0, 0.05) is 0 Å². The van der Waals surface area contributed by atoms with Crippen LogP contribution in [-0.2, 0) is 14.3 Å². The maximum Gasteiger partial charge on any atom is 0.335 e. The third-order valence-corrected chi connectivity index (χ3v) is 1.44. The second-order valence-corrected chi connectivity index (χ2v) is 2.41. The van der Waals surface area contributed by atoms with Crippen LogP contribution in [0, 0.1) is 0 Å². The SMILES string of the molecule is C=C(C)C1OC(=O)C=C1OC. The fourth-order valence-electron chi connectivity index (χ4n) is 0.909. The number of rotatable bonds is 2. The Hall–Kier alpha value is -1.25. The van der Waals surface area contributed by atoms with E-state index in [1.807, 2.05) is 0 Å². The average molecular weight is 154 g/mol. The van der Waals surface area contributed by atoms with Crippen LogP contribution in [0.2, 0.25) is 0 Å². The zero-order chi connectivity index (χ0) is 8.43. The summed E-state index contributed by atoms with van der Waals surface area (Å²) in [6.45, 7) is 5.46. The van der Waals surface area contributed by atoms with E-state index in [-0.39, 0.29) is 12.1 Å². The van der Waals surface area contributed by atoms with Crippen molar-refractivity contribution in [1.29, 1.82) is 0 Å². The number of hydrogen-bond donors (Lipinski definition) is 0. The summed E-state index contributed by atoms with van der Waals surface area (Å²) in [5.41, 5.74) is 0.768. The molecular formula is C8H10O3. The van der Waals surface area contributed by atoms with Crippen LogP contribution in [0.25, 0.3) is 0 Å². The minimum Gasteiger partial charge on any atom is -0.496 e. The van der Waals surface area contributed by atoms with E-state index < -0.39 is 0 Å². The van der Waals surface area contributed by atoms with E-state index in [2.05, 4.69) is 6.58 Å². The lowest BCUT2D eigenvalue weighted by Gasteiger charge is -2.11. The molecule has 0 spiro atoms. The molecule has 0 N–H and O–H groups in total. The number of hydrogen-bond acceptors (Lipinski definition) is 3. The first-order valence-corrected chi connectivity index (χ1v) is 3.26. The summed E-state index contributed by atoms with van der Waals surface area (Å²) < 4.78 is 9.78. The molecule has 1 unspecified atom stereocenters. The quantitative estimate of drug-likeness (QED) is 0.440. The molecule has 11 heavy (non-hydrogen) atoms. The summed E-state index contributed by atoms with van der Waals surface area (Å²) in [7, 11) is 1.50. The molecule has 0 fully saturated rings. The second kappa shape index (κ2) is 2.78. The molecule has 1 rings (SSSR count). The van der Waals surface area contributed by atoms with Gasteiger partial charge in [-0.15, -0.1) is 0 Å². The Morgan fingerprint density at radius 2 is 2.45 bits per heavy atom. The lowest BCUT2D eigenvalue weighted by Crippen LogP contribution is -2.13. The molecule has 0 aliphatic carbocycles. The summed E-state index contributed by atoms with van der Waals surface area (Å²) in [5, 5.41) is 0. The Bertz CT molecular complexity index is 227. The van der Waals surface area contributed by atoms with Crippen molar-refractivity contribution in [2.45, 2.75) is 13.0 Å². The van der Waals surface area contributed by atoms with Gasteiger partial charge in [0.05, 0.1) is 13.2 Å². The highest BCUT2D eigenvalue weighted by Gasteiger charge is 2.27. The fourth-order valence-corrected chi connectivity index (χ4v) is 0.909. The second-order valence-electron chi connectivity index (χ2n) is 2.41. The lowest BCUT2D eigenvalue weighted by atomic mass is 10.2. The van der Waals surface area contributed by atoms with Gasteiger partial charge in [0.15, 0.2) is 6.10 Å². The largest absolute Gasteiger partial charge is 0.496 e. The first kappa shape index (κ1) is 7.85. The van der Waals surface area contributed by atoms with Gasteiger partial charge in [0.2, 0.25) is 0 Å². The smallest absolute Gasteiger partial charge is 0.335 e. The van der Waals surface area contributed by atoms with Gasteiger partial charge in [-0.2, -0.15) is 0 Å². The van der Waals surface area contributed by atoms with Gasteiger partial charge in [-0.3, -0.25) is 0 Å². The van der Waals surface area contributed by atoms with Crippen LogP contribution in [0.1, 0.15) is 6.92 Å². The summed E-state index contributed by atoms with van der Waals surface area (Å²) in [5.74, 6) is 0.164. The van der Waals surface area contributed by atoms with E-state index >= 15 is 0 Å². The Morgan fingerprint density at radius 1 is 1.82 bits per heavy atom. The normalized spacial score (nSPS) is 22.5. The molecule has 0 bridgehead atoms. The Balaban J connectivity index is 2.79. The van der Waals surface area contributed by atoms with Gasteiger partial charge < -0.3 is 9.47 Å². The van der Waals surface area contributed by atoms with E-state index in [0.29, 0.717) is 5.76 Å². The zero-order valence-electron chi connectivity index (χ0n) is 6.59. The van der Waals surface area contributed by atoms with Gasteiger partial charge in [0.1, 0.15) is 5.76 Å². The third kappa shape index (κ3) is 1.42. The number of carbonyl (C=O) groups is 1. The molecular weight excluding hydrogens is 144 g/mol. The van der Waals surface area contributed by atoms with E-state index in [0.717, 1.165) is 5.57 Å². The first-order valence-electron chi connectivity index (χ1n) is 3.26. The van der Waals surface area contributed by atoms with Gasteiger partial charge in [-0.05, 0) is 12.5 Å². The average Bonchev–Trinajstić information content (AvgIpc) is 2.30. The molecule has 0 radical (unpaired) electrons. The van der Waals surface area contributed by atoms with Gasteiger partial charge in [-0.1, -0.05) is 6.58 Å². The highest BCUT2D eigenvalue weighted by Crippen LogP contribution is 2.21. The molecule has 1 aliphatic rings. The van der Waals surface area contributed by atoms with Crippen molar-refractivity contribution in [1.82, 2.24) is 0 Å². The highest BCUT2D eigenvalue weighted by atomic mass is 16.6. The number of ether oxygens (including phenoxy) is 2. The summed E-state index contributed by atoms with van der Waals surface area (Å²) in [6, 6.07) is 0. The Labute approximate surface area is 65.3 Å². The molecule has 1 aliphatic heterocycles. The van der Waals surface area contributed by atoms with Gasteiger partial charge in [-0.25, -0.2) is 4.79 Å². The van der Waals surface area contributed by atoms with Gasteiger partial charge >= 0.3 is 5.97 Å². The predicted molar refractivity (Wildman–Crippen MR) is 39.8 cm³/mol. The van der Waals surface area contributed by atoms with E-state index in [4.69, 9.17) is 9.47 Å². The molecule has 60 valence electrons. The van der Waals surface area contributed by atoms with Crippen LogP contribution in [0.5, 0.6) is 0 Å². The molecule has 1 atom stereocenters. The standard InChI is InChI=1S/C8H10O3/c1-5(2)8-6(10-3)4-7(9)11-8/h4,8H,1H2,2-3H3. The lowest BCUT2D eigenvalue weighted by molar-refractivity contribution is -0.138. The van der Waals surface area contributed by atoms with E-state index in [9.17, 15) is 4.79 Å². The minimum absolute atomic E-state index is 0.366. The van der Waals surface area contributed by atoms with Crippen molar-refractivity contribution in [2.75, 3.05) is 7.11 Å². The van der Waals surface area contributed by atoms with Crippen molar-refractivity contribution in [3.8, 4) is 0 Å². The highest BCUT2D eigenvalue weighted by molar-refractivity contribution is 5.85. The molecule has 0 aromatic rings. The molecule has 3 nitrogen and oxygen atoms in total. The maximum absolute atomic E-state index is 10.7. The molecule has 0 aromatic carbocycles. The van der Waals surface area contributed by atoms with Crippen LogP contribution in [0.4, 0.5) is 0 Å². The number of carbonyl (C=O) groups excluding carboxylic acids is 1. The van der Waals surface area contributed by atoms with E-state index in [1.165, 1.54) is 13.2 Å². The van der Waals surface area contributed by atoms with Crippen molar-refractivity contribution >= 4 is 5.97 Å². The van der Waals surface area contributed by atoms with Crippen LogP contribution < -0.4 is 0 Å². The predicted octanol–water partition coefficient (Wildman–Crippen LogP) is 1.02. The molecule has 0 saturated carbocycles. The topological polar surface area (TPSA) is 35.5 Å². The minimum atomic E-state index is -0.382. The van der Waals surface area contributed by atoms with Gasteiger partial charge in [0.25, 0.3) is 0 Å². The Kier molecular flexibility index (Phi) is 1.98. The Morgan fingerprint density at radius 3 is 2.82 bits per heavy atom. The van der Waals surface area contributed by atoms with E-state index in [1.54, 1.807) is 6.92 Å². The summed E-state index contributed by atoms with van der Waals surface area (Å²) in [4.78, 5) is 10.7. The molecule has 1 heterocycles. The molecule has 3 heteroatoms. The fraction of sp³-hybridized carbons (Fsp3) is 0.375. The zero-order valence-corrected chi connectivity index (χ0v) is 6.59. The molecule has 0 amide bonds. The van der Waals surface area contributed by atoms with Crippen molar-refractivity contribution < 1.29 is 14.3 Å². The third-order valence-electron chi connectivity index (χ3n) is 1.44. The van der Waals surface area contributed by atoms with Crippen LogP contribution >= 0.6 is 0 Å². The van der Waals surface area contributed by atoms with Crippen LogP contribution in [0.15, 0.2) is 24.0 Å². The van der Waals surface area contributed by atoms with Crippen LogP contribution in [0.3, 0.4) is 0 Å². The number of cyclic esters (lactones) is 1. The monoisotopic (exact) mass is 154 g/mol. The molecule has 0 aromatic heterocycles. The summed E-state index contributed by atoms with van der Waals surface area (Å²) in [6.07, 6.45) is 0.951. The summed E-state index contributed by atoms with van der Waals surface area (Å²) >= 11 is 0. The van der Waals surface area contributed by atoms with Crippen LogP contribution in [-0.4, -0.2) is 19.2 Å².